The molecule has 0 aliphatic heterocycles. The molecule has 2 aromatic rings. The van der Waals surface area contributed by atoms with Gasteiger partial charge >= 0.3 is 0 Å². The van der Waals surface area contributed by atoms with Crippen LogP contribution in [0, 0.1) is 20.8 Å². The zero-order valence-corrected chi connectivity index (χ0v) is 20.0. The zero-order valence-electron chi connectivity index (χ0n) is 15.4. The Morgan fingerprint density at radius 3 is 2.07 bits per heavy atom. The first-order valence-electron chi connectivity index (χ1n) is 8.26. The highest BCUT2D eigenvalue weighted by atomic mass is 79.9. The van der Waals surface area contributed by atoms with Gasteiger partial charge in [-0.25, -0.2) is 0 Å². The Balaban J connectivity index is 2.13. The van der Waals surface area contributed by atoms with Crippen molar-refractivity contribution in [3.63, 3.8) is 0 Å². The van der Waals surface area contributed by atoms with Gasteiger partial charge in [0.15, 0.2) is 5.11 Å². The van der Waals surface area contributed by atoms with Crippen molar-refractivity contribution in [1.82, 2.24) is 10.6 Å². The van der Waals surface area contributed by atoms with Gasteiger partial charge in [-0.2, -0.15) is 0 Å². The number of halogens is 4. The summed E-state index contributed by atoms with van der Waals surface area (Å²) < 4.78 is -0.969. The summed E-state index contributed by atoms with van der Waals surface area (Å²) in [4.78, 5) is 12.5. The fourth-order valence-corrected chi connectivity index (χ4v) is 3.48. The van der Waals surface area contributed by atoms with Gasteiger partial charge in [0, 0.05) is 15.7 Å². The van der Waals surface area contributed by atoms with Crippen molar-refractivity contribution in [3.05, 3.63) is 63.1 Å². The maximum atomic E-state index is 12.5. The molecule has 28 heavy (non-hydrogen) atoms. The summed E-state index contributed by atoms with van der Waals surface area (Å²) in [5.74, 6) is -0.401. The highest BCUT2D eigenvalue weighted by molar-refractivity contribution is 9.10. The van der Waals surface area contributed by atoms with Gasteiger partial charge in [0.05, 0.1) is 0 Å². The van der Waals surface area contributed by atoms with E-state index in [0.717, 1.165) is 26.9 Å². The van der Waals surface area contributed by atoms with Crippen LogP contribution in [0.1, 0.15) is 27.0 Å². The van der Waals surface area contributed by atoms with Gasteiger partial charge in [0.25, 0.3) is 5.91 Å². The standard InChI is InChI=1S/C19H19BrCl3N3OS/c1-10-8-11(2)15(12(3)9-10)24-18(28)26-17(19(21,22)23)25-16(27)13-4-6-14(20)7-5-13/h4-9,17H,1-3H3,(H,25,27)(H2,24,26,28)/t17-/m1/s1. The molecule has 3 N–H and O–H groups in total. The molecule has 0 aliphatic rings. The van der Waals surface area contributed by atoms with E-state index in [0.29, 0.717) is 5.56 Å². The van der Waals surface area contributed by atoms with Crippen molar-refractivity contribution in [1.29, 1.82) is 0 Å². The minimum atomic E-state index is -1.83. The molecule has 9 heteroatoms. The maximum Gasteiger partial charge on any atom is 0.252 e. The van der Waals surface area contributed by atoms with Crippen molar-refractivity contribution in [2.45, 2.75) is 30.7 Å². The molecule has 0 saturated carbocycles. The number of thiocarbonyl (C=S) groups is 1. The van der Waals surface area contributed by atoms with Gasteiger partial charge in [-0.1, -0.05) is 68.4 Å². The number of carbonyl (C=O) groups is 1. The number of benzene rings is 2. The van der Waals surface area contributed by atoms with Crippen molar-refractivity contribution < 1.29 is 4.79 Å². The quantitative estimate of drug-likeness (QED) is 0.270. The Bertz CT molecular complexity index is 862. The SMILES string of the molecule is Cc1cc(C)c(NC(=S)N[C@@H](NC(=O)c2ccc(Br)cc2)C(Cl)(Cl)Cl)c(C)c1. The lowest BCUT2D eigenvalue weighted by Gasteiger charge is -2.28. The summed E-state index contributed by atoms with van der Waals surface area (Å²) in [5.41, 5.74) is 4.51. The summed E-state index contributed by atoms with van der Waals surface area (Å²) in [7, 11) is 0. The lowest BCUT2D eigenvalue weighted by atomic mass is 10.1. The number of nitrogens with one attached hydrogen (secondary N) is 3. The van der Waals surface area contributed by atoms with Crippen LogP contribution >= 0.6 is 63.0 Å². The fraction of sp³-hybridized carbons (Fsp3) is 0.263. The molecule has 0 saturated heterocycles. The van der Waals surface area contributed by atoms with E-state index in [2.05, 4.69) is 31.9 Å². The van der Waals surface area contributed by atoms with E-state index < -0.39 is 15.9 Å². The second-order valence-corrected chi connectivity index (χ2v) is 10.0. The van der Waals surface area contributed by atoms with Crippen molar-refractivity contribution >= 4 is 79.7 Å². The fourth-order valence-electron chi connectivity index (χ4n) is 2.67. The van der Waals surface area contributed by atoms with Crippen LogP contribution in [0.4, 0.5) is 5.69 Å². The number of anilines is 1. The van der Waals surface area contributed by atoms with Gasteiger partial charge in [-0.05, 0) is 68.4 Å². The Labute approximate surface area is 193 Å². The second kappa shape index (κ2) is 9.63. The summed E-state index contributed by atoms with van der Waals surface area (Å²) >= 11 is 26.8. The van der Waals surface area contributed by atoms with Crippen LogP contribution in [0.5, 0.6) is 0 Å². The lowest BCUT2D eigenvalue weighted by Crippen LogP contribution is -2.56. The Morgan fingerprint density at radius 2 is 1.57 bits per heavy atom. The van der Waals surface area contributed by atoms with Crippen LogP contribution in [-0.4, -0.2) is 21.0 Å². The molecular weight excluding hydrogens is 505 g/mol. The third kappa shape index (κ3) is 6.49. The van der Waals surface area contributed by atoms with E-state index in [-0.39, 0.29) is 5.11 Å². The Hall–Kier alpha value is -1.05. The normalized spacial score (nSPS) is 12.2. The molecule has 150 valence electrons. The number of hydrogen-bond donors (Lipinski definition) is 3. The molecule has 0 fully saturated rings. The van der Waals surface area contributed by atoms with E-state index in [1.165, 1.54) is 0 Å². The predicted molar refractivity (Wildman–Crippen MR) is 126 cm³/mol. The molecule has 0 unspecified atom stereocenters. The largest absolute Gasteiger partial charge is 0.339 e. The molecule has 0 spiro atoms. The number of amides is 1. The molecule has 1 atom stereocenters. The first kappa shape index (κ1) is 23.2. The molecule has 0 radical (unpaired) electrons. The number of carbonyl (C=O) groups excluding carboxylic acids is 1. The summed E-state index contributed by atoms with van der Waals surface area (Å²) in [6.45, 7) is 5.98. The molecule has 2 rings (SSSR count). The lowest BCUT2D eigenvalue weighted by molar-refractivity contribution is 0.0934. The van der Waals surface area contributed by atoms with E-state index in [1.54, 1.807) is 24.3 Å². The molecule has 0 aromatic heterocycles. The third-order valence-electron chi connectivity index (χ3n) is 3.90. The van der Waals surface area contributed by atoms with Crippen LogP contribution in [0.25, 0.3) is 0 Å². The van der Waals surface area contributed by atoms with Gasteiger partial charge in [-0.15, -0.1) is 0 Å². The molecule has 0 heterocycles. The second-order valence-electron chi connectivity index (χ2n) is 6.33. The van der Waals surface area contributed by atoms with Gasteiger partial charge in [-0.3, -0.25) is 4.79 Å². The highest BCUT2D eigenvalue weighted by Crippen LogP contribution is 2.29. The highest BCUT2D eigenvalue weighted by Gasteiger charge is 2.35. The summed E-state index contributed by atoms with van der Waals surface area (Å²) in [5, 5.41) is 8.87. The van der Waals surface area contributed by atoms with E-state index in [1.807, 2.05) is 32.9 Å². The number of alkyl halides is 3. The van der Waals surface area contributed by atoms with Crippen LogP contribution in [0.15, 0.2) is 40.9 Å². The number of aryl methyl sites for hydroxylation is 3. The predicted octanol–water partition coefficient (Wildman–Crippen LogP) is 5.79. The van der Waals surface area contributed by atoms with Crippen molar-refractivity contribution in [2.24, 2.45) is 0 Å². The molecular formula is C19H19BrCl3N3OS. The molecule has 1 amide bonds. The zero-order chi connectivity index (χ0) is 21.1. The monoisotopic (exact) mass is 521 g/mol. The van der Waals surface area contributed by atoms with Crippen molar-refractivity contribution in [2.75, 3.05) is 5.32 Å². The molecule has 0 bridgehead atoms. The number of rotatable bonds is 4. The van der Waals surface area contributed by atoms with E-state index in [4.69, 9.17) is 47.0 Å². The minimum absolute atomic E-state index is 0.225. The van der Waals surface area contributed by atoms with Gasteiger partial charge < -0.3 is 16.0 Å². The van der Waals surface area contributed by atoms with E-state index >= 15 is 0 Å². The van der Waals surface area contributed by atoms with Gasteiger partial charge in [0.1, 0.15) is 6.17 Å². The van der Waals surface area contributed by atoms with Crippen LogP contribution in [0.3, 0.4) is 0 Å². The Kier molecular flexibility index (Phi) is 7.99. The summed E-state index contributed by atoms with van der Waals surface area (Å²) in [6, 6.07) is 10.9. The average Bonchev–Trinajstić information content (AvgIpc) is 2.57. The minimum Gasteiger partial charge on any atom is -0.339 e. The first-order chi connectivity index (χ1) is 13.0. The molecule has 2 aromatic carbocycles. The van der Waals surface area contributed by atoms with Crippen LogP contribution in [0.2, 0.25) is 0 Å². The average molecular weight is 524 g/mol. The van der Waals surface area contributed by atoms with Crippen molar-refractivity contribution in [3.8, 4) is 0 Å². The first-order valence-corrected chi connectivity index (χ1v) is 10.6. The maximum absolute atomic E-state index is 12.5. The smallest absolute Gasteiger partial charge is 0.252 e. The molecule has 0 aliphatic carbocycles. The van der Waals surface area contributed by atoms with Crippen LogP contribution in [-0.2, 0) is 0 Å². The van der Waals surface area contributed by atoms with E-state index in [9.17, 15) is 4.79 Å². The van der Waals surface area contributed by atoms with Gasteiger partial charge in [0.2, 0.25) is 3.79 Å². The number of hydrogen-bond acceptors (Lipinski definition) is 2. The van der Waals surface area contributed by atoms with Crippen LogP contribution < -0.4 is 16.0 Å². The Morgan fingerprint density at radius 1 is 1.04 bits per heavy atom. The summed E-state index contributed by atoms with van der Waals surface area (Å²) in [6.07, 6.45) is -1.04. The molecule has 4 nitrogen and oxygen atoms in total. The third-order valence-corrected chi connectivity index (χ3v) is 5.30. The topological polar surface area (TPSA) is 53.2 Å².